The second-order valence-electron chi connectivity index (χ2n) is 5.89. The smallest absolute Gasteiger partial charge is 0.331 e. The molecule has 1 aromatic heterocycles. The molecule has 1 aliphatic heterocycles. The predicted octanol–water partition coefficient (Wildman–Crippen LogP) is 1.26. The fourth-order valence-electron chi connectivity index (χ4n) is 2.97. The van der Waals surface area contributed by atoms with Gasteiger partial charge in [0.25, 0.3) is 5.91 Å². The second-order valence-corrected chi connectivity index (χ2v) is 5.89. The molecule has 0 radical (unpaired) electrons. The van der Waals surface area contributed by atoms with Gasteiger partial charge in [-0.15, -0.1) is 0 Å². The van der Waals surface area contributed by atoms with E-state index in [1.165, 1.54) is 0 Å². The van der Waals surface area contributed by atoms with E-state index < -0.39 is 17.4 Å². The lowest BCUT2D eigenvalue weighted by Gasteiger charge is -2.23. The maximum Gasteiger partial charge on any atom is 0.331 e. The van der Waals surface area contributed by atoms with Crippen LogP contribution in [0.3, 0.4) is 0 Å². The highest BCUT2D eigenvalue weighted by Gasteiger charge is 2.44. The molecule has 7 nitrogen and oxygen atoms in total. The van der Waals surface area contributed by atoms with Crippen LogP contribution >= 0.6 is 0 Å². The van der Waals surface area contributed by atoms with E-state index in [0.717, 1.165) is 10.9 Å². The summed E-state index contributed by atoms with van der Waals surface area (Å²) in [7, 11) is 1.62. The Morgan fingerprint density at radius 2 is 2.21 bits per heavy atom. The first-order valence-electron chi connectivity index (χ1n) is 7.78. The first-order chi connectivity index (χ1) is 11.6. The minimum absolute atomic E-state index is 0.0175. The molecule has 2 aromatic rings. The molecule has 0 bridgehead atoms. The van der Waals surface area contributed by atoms with Gasteiger partial charge in [0.1, 0.15) is 0 Å². The molecule has 1 atom stereocenters. The number of para-hydroxylation sites is 1. The summed E-state index contributed by atoms with van der Waals surface area (Å²) in [5.74, 6) is -1.48. The van der Waals surface area contributed by atoms with E-state index in [9.17, 15) is 14.7 Å². The van der Waals surface area contributed by atoms with Gasteiger partial charge in [-0.25, -0.2) is 4.79 Å². The van der Waals surface area contributed by atoms with Gasteiger partial charge in [-0.3, -0.25) is 4.79 Å². The van der Waals surface area contributed by atoms with Crippen LogP contribution in [0.25, 0.3) is 10.9 Å². The average Bonchev–Trinajstić information content (AvgIpc) is 3.18. The lowest BCUT2D eigenvalue weighted by molar-refractivity contribution is -0.144. The van der Waals surface area contributed by atoms with Crippen LogP contribution in [-0.2, 0) is 20.8 Å². The molecule has 1 fully saturated rings. The number of carbonyl (C=O) groups is 2. The Labute approximate surface area is 139 Å². The molecule has 2 N–H and O–H groups in total. The average molecular weight is 332 g/mol. The topological polar surface area (TPSA) is 89.8 Å². The van der Waals surface area contributed by atoms with Crippen molar-refractivity contribution in [2.24, 2.45) is 0 Å². The number of fused-ring (bicyclic) bond motifs is 1. The van der Waals surface area contributed by atoms with E-state index in [-0.39, 0.29) is 13.0 Å². The number of rotatable bonds is 6. The van der Waals surface area contributed by atoms with E-state index in [0.29, 0.717) is 25.3 Å². The highest BCUT2D eigenvalue weighted by molar-refractivity contribution is 6.08. The zero-order valence-corrected chi connectivity index (χ0v) is 13.4. The van der Waals surface area contributed by atoms with Crippen molar-refractivity contribution < 1.29 is 24.2 Å². The number of ether oxygens (including phenoxy) is 2. The van der Waals surface area contributed by atoms with Crippen LogP contribution in [0.2, 0.25) is 0 Å². The van der Waals surface area contributed by atoms with Gasteiger partial charge in [0, 0.05) is 43.8 Å². The highest BCUT2D eigenvalue weighted by atomic mass is 16.5. The van der Waals surface area contributed by atoms with Gasteiger partial charge in [0.2, 0.25) is 0 Å². The number of hydrogen-bond acceptors (Lipinski definition) is 4. The summed E-state index contributed by atoms with van der Waals surface area (Å²) in [5, 5.41) is 12.9. The van der Waals surface area contributed by atoms with Gasteiger partial charge in [-0.1, -0.05) is 18.2 Å². The maximum atomic E-state index is 12.7. The number of nitrogens with zero attached hydrogens (tertiary/aromatic N) is 1. The van der Waals surface area contributed by atoms with Crippen molar-refractivity contribution >= 4 is 22.8 Å². The number of nitrogens with one attached hydrogen (secondary N) is 1. The lowest BCUT2D eigenvalue weighted by atomic mass is 9.98. The minimum atomic E-state index is -1.35. The molecule has 1 unspecified atom stereocenters. The number of carbonyl (C=O) groups excluding carboxylic acids is 1. The van der Waals surface area contributed by atoms with Crippen molar-refractivity contribution in [3.05, 3.63) is 36.0 Å². The Hall–Kier alpha value is -2.38. The van der Waals surface area contributed by atoms with Crippen molar-refractivity contribution in [2.45, 2.75) is 18.5 Å². The number of aromatic nitrogens is 1. The zero-order chi connectivity index (χ0) is 17.2. The van der Waals surface area contributed by atoms with Crippen molar-refractivity contribution in [3.8, 4) is 0 Å². The first kappa shape index (κ1) is 16.5. The number of hydrogen-bond donors (Lipinski definition) is 2. The fraction of sp³-hybridized carbons (Fsp3) is 0.412. The number of methoxy groups -OCH3 is 1. The monoisotopic (exact) mass is 332 g/mol. The molecule has 128 valence electrons. The molecule has 7 heteroatoms. The van der Waals surface area contributed by atoms with Crippen molar-refractivity contribution in [3.63, 3.8) is 0 Å². The molecule has 0 spiro atoms. The SMILES string of the molecule is COCCn1cc(C(=O)NC2(C(=O)O)CCOC2)c2ccccc21. The molecule has 1 aliphatic rings. The summed E-state index contributed by atoms with van der Waals surface area (Å²) in [6.07, 6.45) is 2.00. The van der Waals surface area contributed by atoms with Crippen LogP contribution in [-0.4, -0.2) is 54.0 Å². The number of amides is 1. The van der Waals surface area contributed by atoms with E-state index in [1.54, 1.807) is 13.3 Å². The summed E-state index contributed by atoms with van der Waals surface area (Å²) in [4.78, 5) is 24.3. The molecular formula is C17H20N2O5. The summed E-state index contributed by atoms with van der Waals surface area (Å²) in [6, 6.07) is 7.53. The van der Waals surface area contributed by atoms with E-state index in [2.05, 4.69) is 5.32 Å². The molecule has 24 heavy (non-hydrogen) atoms. The van der Waals surface area contributed by atoms with Crippen LogP contribution in [0, 0.1) is 0 Å². The van der Waals surface area contributed by atoms with Gasteiger partial charge in [-0.2, -0.15) is 0 Å². The summed E-state index contributed by atoms with van der Waals surface area (Å²) >= 11 is 0. The largest absolute Gasteiger partial charge is 0.479 e. The Bertz CT molecular complexity index is 761. The Morgan fingerprint density at radius 3 is 2.88 bits per heavy atom. The molecule has 1 amide bonds. The quantitative estimate of drug-likeness (QED) is 0.831. The summed E-state index contributed by atoms with van der Waals surface area (Å²) in [5.41, 5.74) is 0.00767. The van der Waals surface area contributed by atoms with Gasteiger partial charge < -0.3 is 24.5 Å². The van der Waals surface area contributed by atoms with Gasteiger partial charge >= 0.3 is 5.97 Å². The number of benzene rings is 1. The lowest BCUT2D eigenvalue weighted by Crippen LogP contribution is -2.55. The summed E-state index contributed by atoms with van der Waals surface area (Å²) in [6.45, 7) is 1.43. The van der Waals surface area contributed by atoms with Crippen molar-refractivity contribution in [1.29, 1.82) is 0 Å². The van der Waals surface area contributed by atoms with E-state index in [4.69, 9.17) is 9.47 Å². The van der Waals surface area contributed by atoms with Crippen molar-refractivity contribution in [1.82, 2.24) is 9.88 Å². The molecule has 1 saturated heterocycles. The van der Waals surface area contributed by atoms with E-state index >= 15 is 0 Å². The van der Waals surface area contributed by atoms with Crippen molar-refractivity contribution in [2.75, 3.05) is 26.9 Å². The van der Waals surface area contributed by atoms with Crippen LogP contribution < -0.4 is 5.32 Å². The Morgan fingerprint density at radius 1 is 1.42 bits per heavy atom. The third kappa shape index (κ3) is 2.88. The number of carboxylic acids is 1. The van der Waals surface area contributed by atoms with Crippen LogP contribution in [0.1, 0.15) is 16.8 Å². The minimum Gasteiger partial charge on any atom is -0.479 e. The molecule has 0 saturated carbocycles. The Kier molecular flexibility index (Phi) is 4.55. The van der Waals surface area contributed by atoms with Crippen LogP contribution in [0.4, 0.5) is 0 Å². The van der Waals surface area contributed by atoms with Gasteiger partial charge in [0.15, 0.2) is 5.54 Å². The maximum absolute atomic E-state index is 12.7. The van der Waals surface area contributed by atoms with Gasteiger partial charge in [-0.05, 0) is 6.07 Å². The Balaban J connectivity index is 1.93. The first-order valence-corrected chi connectivity index (χ1v) is 7.78. The standard InChI is InChI=1S/C17H20N2O5/c1-23-9-7-19-10-13(12-4-2-3-5-14(12)19)15(20)18-17(16(21)22)6-8-24-11-17/h2-5,10H,6-9,11H2,1H3,(H,18,20)(H,21,22). The van der Waals surface area contributed by atoms with E-state index in [1.807, 2.05) is 28.8 Å². The normalized spacial score (nSPS) is 20.4. The zero-order valence-electron chi connectivity index (χ0n) is 13.4. The molecule has 1 aromatic carbocycles. The molecular weight excluding hydrogens is 312 g/mol. The number of aliphatic carboxylic acids is 1. The molecule has 3 rings (SSSR count). The second kappa shape index (κ2) is 6.62. The molecule has 0 aliphatic carbocycles. The number of carboxylic acid groups (broad SMARTS) is 1. The fourth-order valence-corrected chi connectivity index (χ4v) is 2.97. The summed E-state index contributed by atoms with van der Waals surface area (Å²) < 4.78 is 12.2. The third-order valence-electron chi connectivity index (χ3n) is 4.35. The third-order valence-corrected chi connectivity index (χ3v) is 4.35. The highest BCUT2D eigenvalue weighted by Crippen LogP contribution is 2.24. The van der Waals surface area contributed by atoms with Gasteiger partial charge in [0.05, 0.1) is 18.8 Å². The predicted molar refractivity (Wildman–Crippen MR) is 87.1 cm³/mol. The molecule has 2 heterocycles. The van der Waals surface area contributed by atoms with Crippen LogP contribution in [0.5, 0.6) is 0 Å². The van der Waals surface area contributed by atoms with Crippen LogP contribution in [0.15, 0.2) is 30.5 Å².